The smallest absolute Gasteiger partial charge is 0.137 e. The molecule has 2 aromatic heterocycles. The summed E-state index contributed by atoms with van der Waals surface area (Å²) in [6, 6.07) is 60.7. The van der Waals surface area contributed by atoms with E-state index in [1.807, 2.05) is 6.20 Å². The molecule has 3 unspecified atom stereocenters. The van der Waals surface area contributed by atoms with Gasteiger partial charge in [-0.05, 0) is 68.1 Å². The van der Waals surface area contributed by atoms with Gasteiger partial charge in [0.05, 0.1) is 29.5 Å². The predicted molar refractivity (Wildman–Crippen MR) is 210 cm³/mol. The molecule has 3 heterocycles. The fourth-order valence-corrected chi connectivity index (χ4v) is 7.80. The Morgan fingerprint density at radius 3 is 1.84 bits per heavy atom. The molecule has 3 atom stereocenters. The maximum Gasteiger partial charge on any atom is 0.137 e. The molecule has 1 saturated heterocycles. The van der Waals surface area contributed by atoms with E-state index in [4.69, 9.17) is 4.98 Å². The maximum absolute atomic E-state index is 5.18. The minimum absolute atomic E-state index is 0.0596. The normalized spacial score (nSPS) is 17.8. The highest BCUT2D eigenvalue weighted by atomic mass is 15.4. The molecule has 0 bridgehead atoms. The van der Waals surface area contributed by atoms with Crippen molar-refractivity contribution in [2.45, 2.75) is 18.5 Å². The number of hydrogen-bond acceptors (Lipinski definition) is 4. The van der Waals surface area contributed by atoms with Crippen LogP contribution >= 0.6 is 0 Å². The third-order valence-electron chi connectivity index (χ3n) is 10.3. The van der Waals surface area contributed by atoms with Gasteiger partial charge in [0.2, 0.25) is 0 Å². The maximum atomic E-state index is 5.18. The lowest BCUT2D eigenvalue weighted by Crippen LogP contribution is -2.54. The van der Waals surface area contributed by atoms with Crippen molar-refractivity contribution in [3.63, 3.8) is 0 Å². The van der Waals surface area contributed by atoms with E-state index < -0.39 is 0 Å². The molecule has 0 aliphatic carbocycles. The van der Waals surface area contributed by atoms with Gasteiger partial charge in [0.15, 0.2) is 0 Å². The second-order valence-electron chi connectivity index (χ2n) is 13.4. The van der Waals surface area contributed by atoms with Crippen LogP contribution in [0.2, 0.25) is 0 Å². The number of fused-ring (bicyclic) bond motifs is 6. The van der Waals surface area contributed by atoms with Crippen LogP contribution in [0.4, 0.5) is 0 Å². The van der Waals surface area contributed by atoms with E-state index in [1.165, 1.54) is 54.6 Å². The summed E-state index contributed by atoms with van der Waals surface area (Å²) in [4.78, 5) is 5.18. The van der Waals surface area contributed by atoms with Crippen molar-refractivity contribution in [3.8, 4) is 16.9 Å². The van der Waals surface area contributed by atoms with Crippen molar-refractivity contribution >= 4 is 43.4 Å². The molecule has 0 amide bonds. The predicted octanol–water partition coefficient (Wildman–Crippen LogP) is 10.3. The monoisotopic (exact) mass is 657 g/mol. The molecule has 5 nitrogen and oxygen atoms in total. The van der Waals surface area contributed by atoms with Crippen LogP contribution in [0.15, 0.2) is 176 Å². The summed E-state index contributed by atoms with van der Waals surface area (Å²) in [6.07, 6.45) is 1.74. The molecule has 3 N–H and O–H groups in total. The van der Waals surface area contributed by atoms with E-state index in [0.717, 1.165) is 22.4 Å². The van der Waals surface area contributed by atoms with Crippen molar-refractivity contribution in [1.82, 2.24) is 25.5 Å². The van der Waals surface area contributed by atoms with E-state index in [2.05, 4.69) is 190 Å². The summed E-state index contributed by atoms with van der Waals surface area (Å²) < 4.78 is 2.32. The number of nitrogens with one attached hydrogen (secondary N) is 3. The fraction of sp³-hybridized carbons (Fsp3) is 0.0652. The van der Waals surface area contributed by atoms with Crippen LogP contribution in [0, 0.1) is 0 Å². The van der Waals surface area contributed by atoms with Crippen molar-refractivity contribution in [2.24, 2.45) is 0 Å². The lowest BCUT2D eigenvalue weighted by atomic mass is 10.0. The first-order valence-corrected chi connectivity index (χ1v) is 17.6. The van der Waals surface area contributed by atoms with Crippen LogP contribution in [-0.4, -0.2) is 9.55 Å². The summed E-state index contributed by atoms with van der Waals surface area (Å²) in [5.41, 5.74) is 8.12. The van der Waals surface area contributed by atoms with Crippen LogP contribution in [0.25, 0.3) is 60.3 Å². The van der Waals surface area contributed by atoms with Gasteiger partial charge >= 0.3 is 0 Å². The van der Waals surface area contributed by atoms with E-state index in [9.17, 15) is 0 Å². The van der Waals surface area contributed by atoms with Gasteiger partial charge in [-0.15, -0.1) is 0 Å². The number of rotatable bonds is 5. The molecule has 10 rings (SSSR count). The quantitative estimate of drug-likeness (QED) is 0.172. The molecule has 51 heavy (non-hydrogen) atoms. The molecule has 0 radical (unpaired) electrons. The van der Waals surface area contributed by atoms with E-state index in [-0.39, 0.29) is 18.5 Å². The Hall–Kier alpha value is -6.11. The fourth-order valence-electron chi connectivity index (χ4n) is 7.80. The Morgan fingerprint density at radius 2 is 1.06 bits per heavy atom. The Balaban J connectivity index is 1.07. The van der Waals surface area contributed by atoms with Crippen LogP contribution in [0.3, 0.4) is 0 Å². The van der Waals surface area contributed by atoms with Crippen LogP contribution < -0.4 is 16.0 Å². The molecule has 0 spiro atoms. The van der Waals surface area contributed by atoms with Gasteiger partial charge in [0.1, 0.15) is 5.82 Å². The van der Waals surface area contributed by atoms with Gasteiger partial charge in [-0.25, -0.2) is 4.98 Å². The second-order valence-corrected chi connectivity index (χ2v) is 13.4. The van der Waals surface area contributed by atoms with Gasteiger partial charge in [0, 0.05) is 22.5 Å². The molecule has 1 aliphatic rings. The highest BCUT2D eigenvalue weighted by molar-refractivity contribution is 6.21. The SMILES string of the molecule is c1ccc(-c2ccc3c4c5ccccc5ccc4n(-c4ccc(C5NC(c6ccccc6)NC(c6ccc7ccccc7c6)N5)cn4)c3c2)cc1. The summed E-state index contributed by atoms with van der Waals surface area (Å²) in [5.74, 6) is 0.888. The van der Waals surface area contributed by atoms with Gasteiger partial charge in [-0.3, -0.25) is 20.5 Å². The van der Waals surface area contributed by atoms with E-state index in [0.29, 0.717) is 0 Å². The molecule has 0 saturated carbocycles. The van der Waals surface area contributed by atoms with Crippen LogP contribution in [0.5, 0.6) is 0 Å². The summed E-state index contributed by atoms with van der Waals surface area (Å²) in [6.45, 7) is 0. The summed E-state index contributed by atoms with van der Waals surface area (Å²) in [5, 5.41) is 18.9. The first-order valence-electron chi connectivity index (χ1n) is 17.6. The number of benzene rings is 7. The minimum Gasteiger partial charge on any atom is -0.294 e. The molecule has 1 aliphatic heterocycles. The summed E-state index contributed by atoms with van der Waals surface area (Å²) >= 11 is 0. The minimum atomic E-state index is -0.138. The molecule has 7 aromatic carbocycles. The highest BCUT2D eigenvalue weighted by Gasteiger charge is 2.30. The zero-order chi connectivity index (χ0) is 33.7. The number of aromatic nitrogens is 2. The van der Waals surface area contributed by atoms with Crippen LogP contribution in [0.1, 0.15) is 35.2 Å². The molecule has 9 aromatic rings. The number of pyridine rings is 1. The van der Waals surface area contributed by atoms with Crippen molar-refractivity contribution in [1.29, 1.82) is 0 Å². The molecule has 244 valence electrons. The number of hydrogen-bond donors (Lipinski definition) is 3. The van der Waals surface area contributed by atoms with Gasteiger partial charge < -0.3 is 0 Å². The van der Waals surface area contributed by atoms with Crippen LogP contribution in [-0.2, 0) is 0 Å². The van der Waals surface area contributed by atoms with Crippen molar-refractivity contribution in [2.75, 3.05) is 0 Å². The lowest BCUT2D eigenvalue weighted by molar-refractivity contribution is 0.203. The van der Waals surface area contributed by atoms with Crippen molar-refractivity contribution < 1.29 is 0 Å². The average Bonchev–Trinajstić information content (AvgIpc) is 3.55. The molecule has 5 heteroatoms. The highest BCUT2D eigenvalue weighted by Crippen LogP contribution is 2.38. The first kappa shape index (κ1) is 29.8. The standard InChI is InChI=1S/C46H35N5/c1-3-11-30(12-4-1)35-21-24-39-41(28-35)51(40-25-22-32-14-9-10-18-38(32)43(39)40)42-26-23-37(29-47-42)46-49-44(33-15-5-2-6-16-33)48-45(50-46)36-20-19-31-13-7-8-17-34(31)27-36/h1-29,44-46,48-50H. The lowest BCUT2D eigenvalue weighted by Gasteiger charge is -2.39. The Bertz CT molecular complexity index is 2680. The van der Waals surface area contributed by atoms with E-state index in [1.54, 1.807) is 0 Å². The number of nitrogens with zero attached hydrogens (tertiary/aromatic N) is 2. The second kappa shape index (κ2) is 12.3. The van der Waals surface area contributed by atoms with Gasteiger partial charge in [-0.1, -0.05) is 146 Å². The summed E-state index contributed by atoms with van der Waals surface area (Å²) in [7, 11) is 0. The average molecular weight is 658 g/mol. The van der Waals surface area contributed by atoms with Gasteiger partial charge in [0.25, 0.3) is 0 Å². The zero-order valence-corrected chi connectivity index (χ0v) is 27.9. The van der Waals surface area contributed by atoms with Gasteiger partial charge in [-0.2, -0.15) is 0 Å². The molecule has 1 fully saturated rings. The Morgan fingerprint density at radius 1 is 0.412 bits per heavy atom. The zero-order valence-electron chi connectivity index (χ0n) is 27.9. The van der Waals surface area contributed by atoms with Crippen molar-refractivity contribution in [3.05, 3.63) is 193 Å². The van der Waals surface area contributed by atoms with E-state index >= 15 is 0 Å². The third kappa shape index (κ3) is 5.27. The Kier molecular flexibility index (Phi) is 7.20. The first-order chi connectivity index (χ1) is 25.3. The molecular formula is C46H35N5. The largest absolute Gasteiger partial charge is 0.294 e. The topological polar surface area (TPSA) is 53.9 Å². The molecular weight excluding hydrogens is 623 g/mol. The third-order valence-corrected chi connectivity index (χ3v) is 10.3. The Labute approximate surface area is 296 Å².